The number of ether oxygens (including phenoxy) is 1. The third kappa shape index (κ3) is 4.10. The lowest BCUT2D eigenvalue weighted by Gasteiger charge is -2.36. The standard InChI is InChI=1S/C22H27N3O3S/c1-3-21(26)25-9-8-19-16(15-25)14-20(29-19)22(27)24-12-10-23(11-13-24)17-4-6-18(28-2)7-5-17/h4-7,14H,3,8-13,15H2,1-2H3. The van der Waals surface area contributed by atoms with Gasteiger partial charge in [-0.2, -0.15) is 0 Å². The van der Waals surface area contributed by atoms with Gasteiger partial charge in [-0.1, -0.05) is 6.92 Å². The van der Waals surface area contributed by atoms with Crippen molar-refractivity contribution in [3.05, 3.63) is 45.6 Å². The molecule has 4 rings (SSSR count). The number of fused-ring (bicyclic) bond motifs is 1. The van der Waals surface area contributed by atoms with Crippen LogP contribution >= 0.6 is 11.3 Å². The minimum absolute atomic E-state index is 0.118. The number of hydrogen-bond acceptors (Lipinski definition) is 5. The lowest BCUT2D eigenvalue weighted by Crippen LogP contribution is -2.48. The minimum Gasteiger partial charge on any atom is -0.497 e. The summed E-state index contributed by atoms with van der Waals surface area (Å²) in [6.45, 7) is 6.36. The smallest absolute Gasteiger partial charge is 0.264 e. The summed E-state index contributed by atoms with van der Waals surface area (Å²) in [5, 5.41) is 0. The molecule has 1 aromatic heterocycles. The molecule has 0 saturated carbocycles. The molecule has 0 aliphatic carbocycles. The maximum atomic E-state index is 13.0. The van der Waals surface area contributed by atoms with Gasteiger partial charge in [-0.15, -0.1) is 11.3 Å². The topological polar surface area (TPSA) is 53.1 Å². The van der Waals surface area contributed by atoms with Crippen molar-refractivity contribution in [2.75, 3.05) is 44.7 Å². The Balaban J connectivity index is 1.38. The molecule has 7 heteroatoms. The van der Waals surface area contributed by atoms with Crippen molar-refractivity contribution in [1.29, 1.82) is 0 Å². The average molecular weight is 414 g/mol. The summed E-state index contributed by atoms with van der Waals surface area (Å²) in [6, 6.07) is 10.1. The average Bonchev–Trinajstić information content (AvgIpc) is 3.21. The highest BCUT2D eigenvalue weighted by atomic mass is 32.1. The van der Waals surface area contributed by atoms with E-state index in [4.69, 9.17) is 4.74 Å². The van der Waals surface area contributed by atoms with Crippen LogP contribution in [0.25, 0.3) is 0 Å². The molecule has 2 aromatic rings. The third-order valence-corrected chi connectivity index (χ3v) is 6.96. The predicted octanol–water partition coefficient (Wildman–Crippen LogP) is 3.01. The van der Waals surface area contributed by atoms with Crippen molar-refractivity contribution in [1.82, 2.24) is 9.80 Å². The highest BCUT2D eigenvalue weighted by Gasteiger charge is 2.27. The van der Waals surface area contributed by atoms with Gasteiger partial charge in [0.25, 0.3) is 5.91 Å². The van der Waals surface area contributed by atoms with Gasteiger partial charge in [-0.05, 0) is 42.3 Å². The van der Waals surface area contributed by atoms with E-state index in [9.17, 15) is 9.59 Å². The van der Waals surface area contributed by atoms with Crippen LogP contribution in [0.3, 0.4) is 0 Å². The second-order valence-electron chi connectivity index (χ2n) is 7.46. The molecular weight excluding hydrogens is 386 g/mol. The highest BCUT2D eigenvalue weighted by Crippen LogP contribution is 2.30. The molecule has 0 bridgehead atoms. The van der Waals surface area contributed by atoms with Crippen LogP contribution in [0.2, 0.25) is 0 Å². The second-order valence-corrected chi connectivity index (χ2v) is 8.59. The fraction of sp³-hybridized carbons (Fsp3) is 0.455. The lowest BCUT2D eigenvalue weighted by atomic mass is 10.1. The molecule has 0 unspecified atom stereocenters. The van der Waals surface area contributed by atoms with Crippen LogP contribution in [0.1, 0.15) is 33.5 Å². The maximum Gasteiger partial charge on any atom is 0.264 e. The van der Waals surface area contributed by atoms with Gasteiger partial charge in [0.05, 0.1) is 12.0 Å². The second kappa shape index (κ2) is 8.45. The molecule has 1 saturated heterocycles. The molecule has 3 heterocycles. The van der Waals surface area contributed by atoms with Crippen molar-refractivity contribution in [3.63, 3.8) is 0 Å². The summed E-state index contributed by atoms with van der Waals surface area (Å²) in [7, 11) is 1.67. The van der Waals surface area contributed by atoms with Gasteiger partial charge in [0.1, 0.15) is 5.75 Å². The third-order valence-electron chi connectivity index (χ3n) is 5.74. The van der Waals surface area contributed by atoms with Gasteiger partial charge in [0.2, 0.25) is 5.91 Å². The van der Waals surface area contributed by atoms with Gasteiger partial charge >= 0.3 is 0 Å². The van der Waals surface area contributed by atoms with Crippen LogP contribution in [0.5, 0.6) is 5.75 Å². The summed E-state index contributed by atoms with van der Waals surface area (Å²) in [5.41, 5.74) is 2.30. The number of rotatable bonds is 4. The molecule has 0 N–H and O–H groups in total. The zero-order chi connectivity index (χ0) is 20.4. The Labute approximate surface area is 175 Å². The number of piperazine rings is 1. The van der Waals surface area contributed by atoms with Crippen molar-refractivity contribution in [2.45, 2.75) is 26.3 Å². The molecule has 6 nitrogen and oxygen atoms in total. The summed E-state index contributed by atoms with van der Waals surface area (Å²) < 4.78 is 5.22. The number of anilines is 1. The minimum atomic E-state index is 0.118. The Morgan fingerprint density at radius 1 is 1.03 bits per heavy atom. The van der Waals surface area contributed by atoms with Crippen LogP contribution in [0.4, 0.5) is 5.69 Å². The molecular formula is C22H27N3O3S. The van der Waals surface area contributed by atoms with Crippen molar-refractivity contribution in [2.24, 2.45) is 0 Å². The number of methoxy groups -OCH3 is 1. The largest absolute Gasteiger partial charge is 0.497 e. The van der Waals surface area contributed by atoms with Crippen molar-refractivity contribution < 1.29 is 14.3 Å². The number of thiophene rings is 1. The van der Waals surface area contributed by atoms with Gasteiger partial charge in [0, 0.05) is 56.3 Å². The summed E-state index contributed by atoms with van der Waals surface area (Å²) in [5.74, 6) is 1.15. The molecule has 0 radical (unpaired) electrons. The number of nitrogens with zero attached hydrogens (tertiary/aromatic N) is 3. The molecule has 1 aromatic carbocycles. The Morgan fingerprint density at radius 3 is 2.41 bits per heavy atom. The molecule has 154 valence electrons. The zero-order valence-corrected chi connectivity index (χ0v) is 17.8. The fourth-order valence-corrected chi connectivity index (χ4v) is 5.12. The summed E-state index contributed by atoms with van der Waals surface area (Å²) >= 11 is 1.60. The van der Waals surface area contributed by atoms with Crippen LogP contribution < -0.4 is 9.64 Å². The highest BCUT2D eigenvalue weighted by molar-refractivity contribution is 7.14. The molecule has 1 fully saturated rings. The molecule has 29 heavy (non-hydrogen) atoms. The first kappa shape index (κ1) is 19.8. The Hall–Kier alpha value is -2.54. The Kier molecular flexibility index (Phi) is 5.76. The quantitative estimate of drug-likeness (QED) is 0.773. The monoisotopic (exact) mass is 413 g/mol. The molecule has 2 aliphatic heterocycles. The van der Waals surface area contributed by atoms with E-state index < -0.39 is 0 Å². The van der Waals surface area contributed by atoms with E-state index in [-0.39, 0.29) is 11.8 Å². The zero-order valence-electron chi connectivity index (χ0n) is 17.0. The van der Waals surface area contributed by atoms with E-state index in [1.165, 1.54) is 4.88 Å². The number of carbonyl (C=O) groups excluding carboxylic acids is 2. The van der Waals surface area contributed by atoms with E-state index >= 15 is 0 Å². The van der Waals surface area contributed by atoms with Crippen LogP contribution in [0.15, 0.2) is 30.3 Å². The van der Waals surface area contributed by atoms with Gasteiger partial charge in [0.15, 0.2) is 0 Å². The normalized spacial score (nSPS) is 16.6. The first-order valence-electron chi connectivity index (χ1n) is 10.2. The van der Waals surface area contributed by atoms with Crippen molar-refractivity contribution >= 4 is 28.8 Å². The van der Waals surface area contributed by atoms with Crippen LogP contribution in [-0.4, -0.2) is 61.4 Å². The van der Waals surface area contributed by atoms with E-state index in [0.29, 0.717) is 26.1 Å². The number of benzene rings is 1. The van der Waals surface area contributed by atoms with E-state index in [1.54, 1.807) is 18.4 Å². The molecule has 0 spiro atoms. The van der Waals surface area contributed by atoms with Crippen LogP contribution in [0, 0.1) is 0 Å². The number of hydrogen-bond donors (Lipinski definition) is 0. The number of amides is 2. The molecule has 2 amide bonds. The molecule has 2 aliphatic rings. The summed E-state index contributed by atoms with van der Waals surface area (Å²) in [6.07, 6.45) is 1.38. The maximum absolute atomic E-state index is 13.0. The SMILES string of the molecule is CCC(=O)N1CCc2sc(C(=O)N3CCN(c4ccc(OC)cc4)CC3)cc2C1. The van der Waals surface area contributed by atoms with E-state index in [2.05, 4.69) is 17.0 Å². The van der Waals surface area contributed by atoms with Crippen LogP contribution in [-0.2, 0) is 17.8 Å². The van der Waals surface area contributed by atoms with Gasteiger partial charge in [-0.3, -0.25) is 9.59 Å². The molecule has 0 atom stereocenters. The summed E-state index contributed by atoms with van der Waals surface area (Å²) in [4.78, 5) is 33.2. The Bertz CT molecular complexity index is 885. The van der Waals surface area contributed by atoms with E-state index in [1.807, 2.05) is 34.9 Å². The number of carbonyl (C=O) groups is 2. The van der Waals surface area contributed by atoms with Gasteiger partial charge in [-0.25, -0.2) is 0 Å². The van der Waals surface area contributed by atoms with E-state index in [0.717, 1.165) is 47.9 Å². The predicted molar refractivity (Wildman–Crippen MR) is 115 cm³/mol. The fourth-order valence-electron chi connectivity index (χ4n) is 3.99. The lowest BCUT2D eigenvalue weighted by molar-refractivity contribution is -0.131. The first-order chi connectivity index (χ1) is 14.1. The first-order valence-corrected chi connectivity index (χ1v) is 11.0. The van der Waals surface area contributed by atoms with Crippen molar-refractivity contribution in [3.8, 4) is 5.75 Å². The van der Waals surface area contributed by atoms with Gasteiger partial charge < -0.3 is 19.4 Å². The Morgan fingerprint density at radius 2 is 1.76 bits per heavy atom.